The van der Waals surface area contributed by atoms with E-state index in [4.69, 9.17) is 4.98 Å². The summed E-state index contributed by atoms with van der Waals surface area (Å²) in [5, 5.41) is 3.98. The maximum Gasteiger partial charge on any atom is 0.263 e. The van der Waals surface area contributed by atoms with E-state index in [1.54, 1.807) is 15.9 Å². The third kappa shape index (κ3) is 2.99. The zero-order valence-electron chi connectivity index (χ0n) is 14.5. The van der Waals surface area contributed by atoms with Gasteiger partial charge < -0.3 is 5.32 Å². The molecule has 0 aliphatic heterocycles. The van der Waals surface area contributed by atoms with Crippen molar-refractivity contribution in [3.63, 3.8) is 0 Å². The van der Waals surface area contributed by atoms with E-state index in [-0.39, 0.29) is 22.8 Å². The highest BCUT2D eigenvalue weighted by molar-refractivity contribution is 8.00. The van der Waals surface area contributed by atoms with Gasteiger partial charge in [0.25, 0.3) is 5.56 Å². The fraction of sp³-hybridized carbons (Fsp3) is 0.588. The molecule has 24 heavy (non-hydrogen) atoms. The smallest absolute Gasteiger partial charge is 0.263 e. The molecule has 1 N–H and O–H groups in total. The van der Waals surface area contributed by atoms with E-state index in [1.165, 1.54) is 22.2 Å². The fourth-order valence-corrected chi connectivity index (χ4v) is 5.47. The van der Waals surface area contributed by atoms with Crippen LogP contribution in [0.1, 0.15) is 50.6 Å². The molecule has 2 aromatic rings. The lowest BCUT2D eigenvalue weighted by Crippen LogP contribution is -2.32. The summed E-state index contributed by atoms with van der Waals surface area (Å²) in [5.74, 6) is -0.0270. The first-order valence-electron chi connectivity index (χ1n) is 8.45. The maximum atomic E-state index is 13.1. The van der Waals surface area contributed by atoms with Gasteiger partial charge in [-0.25, -0.2) is 4.98 Å². The van der Waals surface area contributed by atoms with Crippen LogP contribution in [0.5, 0.6) is 0 Å². The summed E-state index contributed by atoms with van der Waals surface area (Å²) in [5.41, 5.74) is 1.25. The Bertz CT molecular complexity index is 838. The number of thiophene rings is 1. The Morgan fingerprint density at radius 3 is 2.79 bits per heavy atom. The molecule has 5 nitrogen and oxygen atoms in total. The quantitative estimate of drug-likeness (QED) is 0.653. The van der Waals surface area contributed by atoms with Crippen molar-refractivity contribution >= 4 is 39.2 Å². The first-order valence-corrected chi connectivity index (χ1v) is 10.1. The molecule has 1 amide bonds. The molecule has 2 heterocycles. The van der Waals surface area contributed by atoms with Crippen LogP contribution in [0.2, 0.25) is 0 Å². The number of hydrogen-bond donors (Lipinski definition) is 1. The highest BCUT2D eigenvalue weighted by atomic mass is 32.2. The number of carbonyl (C=O) groups is 1. The number of amides is 1. The van der Waals surface area contributed by atoms with Crippen LogP contribution < -0.4 is 10.9 Å². The Morgan fingerprint density at radius 2 is 2.12 bits per heavy atom. The summed E-state index contributed by atoms with van der Waals surface area (Å²) in [6.45, 7) is 8.33. The molecular weight excluding hydrogens is 342 g/mol. The standard InChI is InChI=1S/C17H23N3O2S2/c1-5-18-14(21)10(4)23-17-19-15-13(16(22)20(17)9(2)3)11-7-6-8-12(11)24-15/h9-10H,5-8H2,1-4H3,(H,18,21)/t10-/m1/s1. The number of carbonyl (C=O) groups excluding carboxylic acids is 1. The third-order valence-electron chi connectivity index (χ3n) is 4.26. The van der Waals surface area contributed by atoms with E-state index in [0.717, 1.165) is 29.5 Å². The Balaban J connectivity index is 2.09. The number of aryl methyl sites for hydroxylation is 2. The minimum atomic E-state index is -0.286. The zero-order chi connectivity index (χ0) is 17.4. The van der Waals surface area contributed by atoms with E-state index in [2.05, 4.69) is 5.32 Å². The number of thioether (sulfide) groups is 1. The predicted octanol–water partition coefficient (Wildman–Crippen LogP) is 3.14. The van der Waals surface area contributed by atoms with Crippen molar-refractivity contribution in [1.82, 2.24) is 14.9 Å². The molecule has 0 fully saturated rings. The van der Waals surface area contributed by atoms with Crippen LogP contribution in [-0.2, 0) is 17.6 Å². The van der Waals surface area contributed by atoms with Crippen LogP contribution in [0, 0.1) is 0 Å². The van der Waals surface area contributed by atoms with Crippen LogP contribution in [0.4, 0.5) is 0 Å². The average Bonchev–Trinajstić information content (AvgIpc) is 3.07. The van der Waals surface area contributed by atoms with Crippen molar-refractivity contribution in [1.29, 1.82) is 0 Å². The molecule has 0 bridgehead atoms. The second kappa shape index (κ2) is 6.88. The molecule has 0 saturated carbocycles. The average molecular weight is 366 g/mol. The summed E-state index contributed by atoms with van der Waals surface area (Å²) >= 11 is 3.01. The minimum Gasteiger partial charge on any atom is -0.355 e. The topological polar surface area (TPSA) is 64.0 Å². The van der Waals surface area contributed by atoms with Crippen LogP contribution >= 0.6 is 23.1 Å². The van der Waals surface area contributed by atoms with Crippen LogP contribution in [0.3, 0.4) is 0 Å². The second-order valence-corrected chi connectivity index (χ2v) is 8.75. The van der Waals surface area contributed by atoms with Gasteiger partial charge >= 0.3 is 0 Å². The monoisotopic (exact) mass is 365 g/mol. The first-order chi connectivity index (χ1) is 11.4. The number of hydrogen-bond acceptors (Lipinski definition) is 5. The SMILES string of the molecule is CCNC(=O)[C@@H](C)Sc1nc2sc3c(c2c(=O)n1C(C)C)CCC3. The molecule has 0 aromatic carbocycles. The lowest BCUT2D eigenvalue weighted by Gasteiger charge is -2.17. The third-order valence-corrected chi connectivity index (χ3v) is 6.51. The summed E-state index contributed by atoms with van der Waals surface area (Å²) in [4.78, 5) is 32.1. The van der Waals surface area contributed by atoms with Gasteiger partial charge in [0, 0.05) is 17.5 Å². The maximum absolute atomic E-state index is 13.1. The predicted molar refractivity (Wildman–Crippen MR) is 100 cm³/mol. The molecular formula is C17H23N3O2S2. The van der Waals surface area contributed by atoms with Gasteiger partial charge in [-0.05, 0) is 52.5 Å². The highest BCUT2D eigenvalue weighted by Crippen LogP contribution is 2.36. The number of rotatable bonds is 5. The molecule has 7 heteroatoms. The molecule has 0 radical (unpaired) electrons. The van der Waals surface area contributed by atoms with Crippen LogP contribution in [-0.4, -0.2) is 27.3 Å². The molecule has 0 unspecified atom stereocenters. The highest BCUT2D eigenvalue weighted by Gasteiger charge is 2.25. The van der Waals surface area contributed by atoms with Crippen LogP contribution in [0.25, 0.3) is 10.2 Å². The summed E-state index contributed by atoms with van der Waals surface area (Å²) in [6.07, 6.45) is 3.16. The van der Waals surface area contributed by atoms with Gasteiger partial charge in [-0.15, -0.1) is 11.3 Å². The largest absolute Gasteiger partial charge is 0.355 e. The van der Waals surface area contributed by atoms with Crippen molar-refractivity contribution in [2.75, 3.05) is 6.54 Å². The van der Waals surface area contributed by atoms with E-state index in [9.17, 15) is 9.59 Å². The van der Waals surface area contributed by atoms with E-state index in [1.807, 2.05) is 27.7 Å². The second-order valence-electron chi connectivity index (χ2n) is 6.36. The van der Waals surface area contributed by atoms with E-state index in [0.29, 0.717) is 11.7 Å². The van der Waals surface area contributed by atoms with Crippen molar-refractivity contribution in [2.45, 2.75) is 63.4 Å². The van der Waals surface area contributed by atoms with Gasteiger partial charge in [0.15, 0.2) is 5.16 Å². The lowest BCUT2D eigenvalue weighted by molar-refractivity contribution is -0.120. The first kappa shape index (κ1) is 17.5. The molecule has 3 rings (SSSR count). The van der Waals surface area contributed by atoms with Gasteiger partial charge in [0.1, 0.15) is 4.83 Å². The number of nitrogens with zero attached hydrogens (tertiary/aromatic N) is 2. The number of fused-ring (bicyclic) bond motifs is 3. The molecule has 2 aromatic heterocycles. The Morgan fingerprint density at radius 1 is 1.38 bits per heavy atom. The Labute approximate surface area is 149 Å². The fourth-order valence-electron chi connectivity index (χ4n) is 3.11. The number of aromatic nitrogens is 2. The summed E-state index contributed by atoms with van der Waals surface area (Å²) < 4.78 is 1.74. The number of nitrogens with one attached hydrogen (secondary N) is 1. The Hall–Kier alpha value is -1.34. The van der Waals surface area contributed by atoms with Crippen LogP contribution in [0.15, 0.2) is 9.95 Å². The zero-order valence-corrected chi connectivity index (χ0v) is 16.1. The van der Waals surface area contributed by atoms with Gasteiger partial charge in [0.2, 0.25) is 5.91 Å². The minimum absolute atomic E-state index is 0.00953. The summed E-state index contributed by atoms with van der Waals surface area (Å²) in [6, 6.07) is 0.00953. The molecule has 0 saturated heterocycles. The van der Waals surface area contributed by atoms with Gasteiger partial charge in [0.05, 0.1) is 10.6 Å². The van der Waals surface area contributed by atoms with Gasteiger partial charge in [-0.1, -0.05) is 11.8 Å². The van der Waals surface area contributed by atoms with Gasteiger partial charge in [-0.2, -0.15) is 0 Å². The molecule has 0 spiro atoms. The van der Waals surface area contributed by atoms with Crippen molar-refractivity contribution in [2.24, 2.45) is 0 Å². The molecule has 1 aliphatic carbocycles. The van der Waals surface area contributed by atoms with E-state index >= 15 is 0 Å². The van der Waals surface area contributed by atoms with Crippen molar-refractivity contribution in [3.05, 3.63) is 20.8 Å². The van der Waals surface area contributed by atoms with Gasteiger partial charge in [-0.3, -0.25) is 14.2 Å². The molecule has 1 atom stereocenters. The van der Waals surface area contributed by atoms with E-state index < -0.39 is 0 Å². The lowest BCUT2D eigenvalue weighted by atomic mass is 10.2. The van der Waals surface area contributed by atoms with Crippen molar-refractivity contribution < 1.29 is 4.79 Å². The molecule has 1 aliphatic rings. The Kier molecular flexibility index (Phi) is 5.01. The van der Waals surface area contributed by atoms with Crippen molar-refractivity contribution in [3.8, 4) is 0 Å². The normalized spacial score (nSPS) is 15.0. The molecule has 130 valence electrons. The summed E-state index contributed by atoms with van der Waals surface area (Å²) in [7, 11) is 0.